The summed E-state index contributed by atoms with van der Waals surface area (Å²) in [7, 11) is -3.09. The van der Waals surface area contributed by atoms with Gasteiger partial charge in [-0.15, -0.1) is 11.8 Å². The lowest BCUT2D eigenvalue weighted by Gasteiger charge is -2.29. The third kappa shape index (κ3) is 6.10. The van der Waals surface area contributed by atoms with E-state index in [0.717, 1.165) is 10.5 Å². The SMILES string of the molecule is CCN(C(=O)[C@H](C)OC(=O)/C=C/c1ccc(SC)cc1)[C@H]1CCS(=O)(=O)C1. The summed E-state index contributed by atoms with van der Waals surface area (Å²) in [5.74, 6) is -0.919. The highest BCUT2D eigenvalue weighted by molar-refractivity contribution is 7.98. The van der Waals surface area contributed by atoms with Crippen LogP contribution in [0.2, 0.25) is 0 Å². The summed E-state index contributed by atoms with van der Waals surface area (Å²) < 4.78 is 28.5. The van der Waals surface area contributed by atoms with Gasteiger partial charge in [0.2, 0.25) is 0 Å². The number of likely N-dealkylation sites (N-methyl/N-ethyl adjacent to an activating group) is 1. The number of nitrogens with zero attached hydrogens (tertiary/aromatic N) is 1. The molecule has 0 spiro atoms. The molecule has 148 valence electrons. The molecular weight excluding hydrogens is 386 g/mol. The minimum Gasteiger partial charge on any atom is -0.449 e. The number of ether oxygens (including phenoxy) is 1. The van der Waals surface area contributed by atoms with Crippen LogP contribution >= 0.6 is 11.8 Å². The van der Waals surface area contributed by atoms with Crippen LogP contribution in [0.25, 0.3) is 6.08 Å². The Morgan fingerprint density at radius 3 is 2.52 bits per heavy atom. The molecule has 8 heteroatoms. The highest BCUT2D eigenvalue weighted by Crippen LogP contribution is 2.19. The number of rotatable bonds is 7. The molecule has 0 unspecified atom stereocenters. The molecule has 1 fully saturated rings. The second-order valence-electron chi connectivity index (χ2n) is 6.37. The first-order valence-electron chi connectivity index (χ1n) is 8.79. The van der Waals surface area contributed by atoms with Crippen molar-refractivity contribution in [3.8, 4) is 0 Å². The molecule has 6 nitrogen and oxygen atoms in total. The van der Waals surface area contributed by atoms with Gasteiger partial charge < -0.3 is 9.64 Å². The van der Waals surface area contributed by atoms with Crippen molar-refractivity contribution in [2.24, 2.45) is 0 Å². The summed E-state index contributed by atoms with van der Waals surface area (Å²) in [6, 6.07) is 7.35. The Hall–Kier alpha value is -1.80. The predicted molar refractivity (Wildman–Crippen MR) is 107 cm³/mol. The van der Waals surface area contributed by atoms with Crippen molar-refractivity contribution in [3.63, 3.8) is 0 Å². The molecule has 0 aromatic heterocycles. The van der Waals surface area contributed by atoms with E-state index < -0.39 is 21.9 Å². The van der Waals surface area contributed by atoms with Gasteiger partial charge in [-0.25, -0.2) is 13.2 Å². The fourth-order valence-corrected chi connectivity index (χ4v) is 5.13. The fourth-order valence-electron chi connectivity index (χ4n) is 2.99. The Bertz CT molecular complexity index is 802. The van der Waals surface area contributed by atoms with E-state index in [4.69, 9.17) is 4.74 Å². The smallest absolute Gasteiger partial charge is 0.331 e. The van der Waals surface area contributed by atoms with E-state index in [-0.39, 0.29) is 23.5 Å². The third-order valence-corrected chi connectivity index (χ3v) is 6.94. The number of thioether (sulfide) groups is 1. The first-order chi connectivity index (χ1) is 12.8. The highest BCUT2D eigenvalue weighted by atomic mass is 32.2. The van der Waals surface area contributed by atoms with Crippen LogP contribution in [0.4, 0.5) is 0 Å². The van der Waals surface area contributed by atoms with Gasteiger partial charge in [-0.2, -0.15) is 0 Å². The van der Waals surface area contributed by atoms with Gasteiger partial charge in [0.1, 0.15) is 0 Å². The number of hydrogen-bond donors (Lipinski definition) is 0. The first kappa shape index (κ1) is 21.5. The lowest BCUT2D eigenvalue weighted by Crippen LogP contribution is -2.46. The van der Waals surface area contributed by atoms with Gasteiger partial charge >= 0.3 is 5.97 Å². The largest absolute Gasteiger partial charge is 0.449 e. The summed E-state index contributed by atoms with van der Waals surface area (Å²) >= 11 is 1.63. The van der Waals surface area contributed by atoms with Crippen LogP contribution in [0, 0.1) is 0 Å². The van der Waals surface area contributed by atoms with Crippen LogP contribution in [-0.4, -0.2) is 61.6 Å². The molecule has 27 heavy (non-hydrogen) atoms. The molecule has 1 aliphatic heterocycles. The summed E-state index contributed by atoms with van der Waals surface area (Å²) in [5.41, 5.74) is 0.857. The van der Waals surface area contributed by atoms with Crippen LogP contribution in [0.5, 0.6) is 0 Å². The van der Waals surface area contributed by atoms with E-state index >= 15 is 0 Å². The third-order valence-electron chi connectivity index (χ3n) is 4.44. The van der Waals surface area contributed by atoms with Gasteiger partial charge in [-0.1, -0.05) is 12.1 Å². The minimum absolute atomic E-state index is 0.0286. The maximum atomic E-state index is 12.6. The van der Waals surface area contributed by atoms with E-state index in [9.17, 15) is 18.0 Å². The number of hydrogen-bond acceptors (Lipinski definition) is 6. The van der Waals surface area contributed by atoms with Crippen molar-refractivity contribution in [2.75, 3.05) is 24.3 Å². The van der Waals surface area contributed by atoms with Crippen molar-refractivity contribution < 1.29 is 22.7 Å². The number of sulfone groups is 1. The van der Waals surface area contributed by atoms with Crippen molar-refractivity contribution >= 4 is 39.6 Å². The Kier molecular flexibility index (Phi) is 7.49. The van der Waals surface area contributed by atoms with Gasteiger partial charge in [0.25, 0.3) is 5.91 Å². The normalized spacial score (nSPS) is 19.7. The molecular formula is C19H25NO5S2. The Morgan fingerprint density at radius 1 is 1.33 bits per heavy atom. The van der Waals surface area contributed by atoms with Crippen molar-refractivity contribution in [2.45, 2.75) is 37.3 Å². The van der Waals surface area contributed by atoms with Crippen LogP contribution in [-0.2, 0) is 24.2 Å². The predicted octanol–water partition coefficient (Wildman–Crippen LogP) is 2.39. The second-order valence-corrected chi connectivity index (χ2v) is 9.48. The maximum Gasteiger partial charge on any atom is 0.331 e. The zero-order valence-electron chi connectivity index (χ0n) is 15.8. The van der Waals surface area contributed by atoms with Crippen LogP contribution in [0.1, 0.15) is 25.8 Å². The van der Waals surface area contributed by atoms with Gasteiger partial charge in [0.05, 0.1) is 11.5 Å². The Morgan fingerprint density at radius 2 is 2.00 bits per heavy atom. The van der Waals surface area contributed by atoms with E-state index in [1.54, 1.807) is 24.8 Å². The molecule has 0 radical (unpaired) electrons. The molecule has 1 aromatic rings. The summed E-state index contributed by atoms with van der Waals surface area (Å²) in [6.45, 7) is 3.67. The van der Waals surface area contributed by atoms with Crippen molar-refractivity contribution in [1.29, 1.82) is 0 Å². The summed E-state index contributed by atoms with van der Waals surface area (Å²) in [5, 5.41) is 0. The summed E-state index contributed by atoms with van der Waals surface area (Å²) in [4.78, 5) is 27.2. The second kappa shape index (κ2) is 9.41. The fraction of sp³-hybridized carbons (Fsp3) is 0.474. The standard InChI is InChI=1S/C19H25NO5S2/c1-4-20(16-11-12-27(23,24)13-16)19(22)14(2)25-18(21)10-7-15-5-8-17(26-3)9-6-15/h5-10,14,16H,4,11-13H2,1-3H3/b10-7+/t14-,16-/m0/s1. The molecule has 2 atom stereocenters. The van der Waals surface area contributed by atoms with Crippen LogP contribution < -0.4 is 0 Å². The number of benzene rings is 1. The number of esters is 1. The minimum atomic E-state index is -3.09. The Balaban J connectivity index is 1.93. The molecule has 0 aliphatic carbocycles. The van der Waals surface area contributed by atoms with E-state index in [0.29, 0.717) is 13.0 Å². The Labute approximate surface area is 164 Å². The van der Waals surface area contributed by atoms with Gasteiger partial charge in [-0.3, -0.25) is 4.79 Å². The number of carbonyl (C=O) groups is 2. The lowest BCUT2D eigenvalue weighted by atomic mass is 10.2. The average Bonchev–Trinajstić information content (AvgIpc) is 3.00. The van der Waals surface area contributed by atoms with E-state index in [1.807, 2.05) is 30.5 Å². The van der Waals surface area contributed by atoms with Gasteiger partial charge in [0.15, 0.2) is 15.9 Å². The van der Waals surface area contributed by atoms with Gasteiger partial charge in [0, 0.05) is 23.6 Å². The molecule has 0 saturated carbocycles. The molecule has 0 bridgehead atoms. The van der Waals surface area contributed by atoms with E-state index in [1.165, 1.54) is 17.9 Å². The van der Waals surface area contributed by atoms with Crippen molar-refractivity contribution in [1.82, 2.24) is 4.90 Å². The quantitative estimate of drug-likeness (QED) is 0.389. The van der Waals surface area contributed by atoms with Crippen LogP contribution in [0.3, 0.4) is 0 Å². The number of carbonyl (C=O) groups excluding carboxylic acids is 2. The maximum absolute atomic E-state index is 12.6. The molecule has 0 N–H and O–H groups in total. The van der Waals surface area contributed by atoms with Crippen LogP contribution in [0.15, 0.2) is 35.2 Å². The lowest BCUT2D eigenvalue weighted by molar-refractivity contribution is -0.156. The summed E-state index contributed by atoms with van der Waals surface area (Å²) in [6.07, 6.45) is 4.36. The molecule has 1 saturated heterocycles. The molecule has 1 heterocycles. The first-order valence-corrected chi connectivity index (χ1v) is 11.8. The highest BCUT2D eigenvalue weighted by Gasteiger charge is 2.36. The molecule has 2 rings (SSSR count). The number of amides is 1. The van der Waals surface area contributed by atoms with Gasteiger partial charge in [-0.05, 0) is 50.3 Å². The molecule has 1 amide bonds. The zero-order valence-corrected chi connectivity index (χ0v) is 17.4. The topological polar surface area (TPSA) is 80.8 Å². The zero-order chi connectivity index (χ0) is 20.0. The average molecular weight is 412 g/mol. The monoisotopic (exact) mass is 411 g/mol. The van der Waals surface area contributed by atoms with Crippen molar-refractivity contribution in [3.05, 3.63) is 35.9 Å². The van der Waals surface area contributed by atoms with E-state index in [2.05, 4.69) is 0 Å². The molecule has 1 aliphatic rings. The molecule has 1 aromatic carbocycles.